The topological polar surface area (TPSA) is 37.8 Å². The molecule has 0 aliphatic heterocycles. The summed E-state index contributed by atoms with van der Waals surface area (Å²) in [6.45, 7) is 5.68. The van der Waals surface area contributed by atoms with E-state index in [4.69, 9.17) is 23.2 Å². The van der Waals surface area contributed by atoms with E-state index >= 15 is 0 Å². The molecule has 1 N–H and O–H groups in total. The maximum absolute atomic E-state index is 6.14. The lowest BCUT2D eigenvalue weighted by molar-refractivity contribution is 1.04. The highest BCUT2D eigenvalue weighted by atomic mass is 35.5. The van der Waals surface area contributed by atoms with Crippen molar-refractivity contribution in [3.8, 4) is 0 Å². The fraction of sp³-hybridized carbons (Fsp3) is 0.231. The van der Waals surface area contributed by atoms with Gasteiger partial charge >= 0.3 is 0 Å². The van der Waals surface area contributed by atoms with E-state index in [1.54, 1.807) is 6.92 Å². The summed E-state index contributed by atoms with van der Waals surface area (Å²) >= 11 is 12.2. The Balaban J connectivity index is 2.43. The SMILES string of the molecule is Cc1ccc(Cl)c(Nc2nc(C)nc(Cl)c2C)c1. The van der Waals surface area contributed by atoms with Crippen molar-refractivity contribution in [3.63, 3.8) is 0 Å². The number of anilines is 2. The summed E-state index contributed by atoms with van der Waals surface area (Å²) < 4.78 is 0. The molecule has 5 heteroatoms. The molecule has 0 bridgehead atoms. The van der Waals surface area contributed by atoms with Gasteiger partial charge in [0.2, 0.25) is 0 Å². The van der Waals surface area contributed by atoms with Crippen molar-refractivity contribution in [2.45, 2.75) is 20.8 Å². The molecule has 0 fully saturated rings. The standard InChI is InChI=1S/C13H13Cl2N3/c1-7-4-5-10(14)11(6-7)18-13-8(2)12(15)16-9(3)17-13/h4-6H,1-3H3,(H,16,17,18). The molecule has 0 atom stereocenters. The summed E-state index contributed by atoms with van der Waals surface area (Å²) in [5.74, 6) is 1.30. The van der Waals surface area contributed by atoms with Crippen molar-refractivity contribution in [2.24, 2.45) is 0 Å². The molecule has 0 radical (unpaired) electrons. The minimum absolute atomic E-state index is 0.453. The van der Waals surface area contributed by atoms with Gasteiger partial charge in [0.05, 0.1) is 10.7 Å². The largest absolute Gasteiger partial charge is 0.339 e. The van der Waals surface area contributed by atoms with Crippen molar-refractivity contribution < 1.29 is 0 Å². The highest BCUT2D eigenvalue weighted by Gasteiger charge is 2.09. The number of nitrogens with zero attached hydrogens (tertiary/aromatic N) is 2. The van der Waals surface area contributed by atoms with Crippen LogP contribution in [0.15, 0.2) is 18.2 Å². The van der Waals surface area contributed by atoms with Crippen LogP contribution >= 0.6 is 23.2 Å². The molecule has 0 saturated carbocycles. The maximum atomic E-state index is 6.14. The zero-order valence-corrected chi connectivity index (χ0v) is 11.9. The summed E-state index contributed by atoms with van der Waals surface area (Å²) in [4.78, 5) is 8.43. The lowest BCUT2D eigenvalue weighted by Gasteiger charge is -2.12. The Morgan fingerprint density at radius 2 is 1.78 bits per heavy atom. The van der Waals surface area contributed by atoms with Gasteiger partial charge in [-0.2, -0.15) is 0 Å². The lowest BCUT2D eigenvalue weighted by atomic mass is 10.2. The minimum atomic E-state index is 0.453. The molecule has 0 aliphatic carbocycles. The maximum Gasteiger partial charge on any atom is 0.138 e. The van der Waals surface area contributed by atoms with Gasteiger partial charge in [-0.3, -0.25) is 0 Å². The van der Waals surface area contributed by atoms with E-state index in [0.717, 1.165) is 16.8 Å². The molecular formula is C13H13Cl2N3. The second kappa shape index (κ2) is 5.12. The fourth-order valence-electron chi connectivity index (χ4n) is 1.58. The molecule has 0 amide bonds. The number of benzene rings is 1. The lowest BCUT2D eigenvalue weighted by Crippen LogP contribution is -2.01. The molecule has 1 aromatic heterocycles. The number of hydrogen-bond donors (Lipinski definition) is 1. The monoisotopic (exact) mass is 281 g/mol. The van der Waals surface area contributed by atoms with Gasteiger partial charge in [0.25, 0.3) is 0 Å². The van der Waals surface area contributed by atoms with Crippen molar-refractivity contribution in [1.82, 2.24) is 9.97 Å². The molecule has 1 heterocycles. The second-order valence-electron chi connectivity index (χ2n) is 4.14. The van der Waals surface area contributed by atoms with Crippen LogP contribution in [0.25, 0.3) is 0 Å². The zero-order valence-electron chi connectivity index (χ0n) is 10.4. The number of nitrogens with one attached hydrogen (secondary N) is 1. The van der Waals surface area contributed by atoms with Gasteiger partial charge in [0.1, 0.15) is 16.8 Å². The Kier molecular flexibility index (Phi) is 3.73. The van der Waals surface area contributed by atoms with E-state index in [1.165, 1.54) is 0 Å². The van der Waals surface area contributed by atoms with E-state index in [-0.39, 0.29) is 0 Å². The summed E-state index contributed by atoms with van der Waals surface area (Å²) in [6.07, 6.45) is 0. The van der Waals surface area contributed by atoms with E-state index in [0.29, 0.717) is 21.8 Å². The molecule has 0 spiro atoms. The number of aromatic nitrogens is 2. The third kappa shape index (κ3) is 2.74. The van der Waals surface area contributed by atoms with Crippen LogP contribution in [0.2, 0.25) is 10.2 Å². The van der Waals surface area contributed by atoms with Crippen molar-refractivity contribution in [1.29, 1.82) is 0 Å². The van der Waals surface area contributed by atoms with Crippen LogP contribution in [0.3, 0.4) is 0 Å². The van der Waals surface area contributed by atoms with Crippen LogP contribution in [0, 0.1) is 20.8 Å². The minimum Gasteiger partial charge on any atom is -0.339 e. The average molecular weight is 282 g/mol. The first-order valence-corrected chi connectivity index (χ1v) is 6.27. The summed E-state index contributed by atoms with van der Waals surface area (Å²) in [7, 11) is 0. The summed E-state index contributed by atoms with van der Waals surface area (Å²) in [5, 5.41) is 4.29. The molecule has 0 unspecified atom stereocenters. The van der Waals surface area contributed by atoms with Gasteiger partial charge in [-0.25, -0.2) is 9.97 Å². The third-order valence-corrected chi connectivity index (χ3v) is 3.27. The third-order valence-electron chi connectivity index (χ3n) is 2.57. The Bertz CT molecular complexity index is 597. The molecule has 1 aromatic carbocycles. The number of rotatable bonds is 2. The number of aryl methyl sites for hydroxylation is 2. The second-order valence-corrected chi connectivity index (χ2v) is 4.91. The van der Waals surface area contributed by atoms with Crippen molar-refractivity contribution in [2.75, 3.05) is 5.32 Å². The van der Waals surface area contributed by atoms with E-state index in [2.05, 4.69) is 15.3 Å². The number of halogens is 2. The zero-order chi connectivity index (χ0) is 13.3. The van der Waals surface area contributed by atoms with Crippen LogP contribution in [0.1, 0.15) is 17.0 Å². The molecular weight excluding hydrogens is 269 g/mol. The first-order valence-electron chi connectivity index (χ1n) is 5.51. The molecule has 2 aromatic rings. The van der Waals surface area contributed by atoms with Crippen LogP contribution in [-0.2, 0) is 0 Å². The van der Waals surface area contributed by atoms with Crippen LogP contribution in [0.5, 0.6) is 0 Å². The molecule has 18 heavy (non-hydrogen) atoms. The molecule has 94 valence electrons. The fourth-order valence-corrected chi connectivity index (χ4v) is 1.96. The first kappa shape index (κ1) is 13.1. The number of hydrogen-bond acceptors (Lipinski definition) is 3. The predicted molar refractivity (Wildman–Crippen MR) is 76.0 cm³/mol. The van der Waals surface area contributed by atoms with Crippen LogP contribution in [0.4, 0.5) is 11.5 Å². The Labute approximate surface area is 116 Å². The highest BCUT2D eigenvalue weighted by Crippen LogP contribution is 2.28. The van der Waals surface area contributed by atoms with Gasteiger partial charge in [0.15, 0.2) is 0 Å². The Hall–Kier alpha value is -1.32. The van der Waals surface area contributed by atoms with Gasteiger partial charge in [-0.15, -0.1) is 0 Å². The highest BCUT2D eigenvalue weighted by molar-refractivity contribution is 6.33. The molecule has 0 aliphatic rings. The normalized spacial score (nSPS) is 10.5. The smallest absolute Gasteiger partial charge is 0.138 e. The molecule has 0 saturated heterocycles. The Morgan fingerprint density at radius 1 is 1.06 bits per heavy atom. The molecule has 3 nitrogen and oxygen atoms in total. The van der Waals surface area contributed by atoms with Gasteiger partial charge < -0.3 is 5.32 Å². The van der Waals surface area contributed by atoms with Crippen LogP contribution in [-0.4, -0.2) is 9.97 Å². The van der Waals surface area contributed by atoms with Crippen molar-refractivity contribution in [3.05, 3.63) is 45.3 Å². The van der Waals surface area contributed by atoms with E-state index < -0.39 is 0 Å². The Morgan fingerprint density at radius 3 is 2.50 bits per heavy atom. The van der Waals surface area contributed by atoms with E-state index in [9.17, 15) is 0 Å². The van der Waals surface area contributed by atoms with Gasteiger partial charge in [-0.05, 0) is 38.5 Å². The summed E-state index contributed by atoms with van der Waals surface area (Å²) in [6, 6.07) is 5.77. The van der Waals surface area contributed by atoms with Crippen molar-refractivity contribution >= 4 is 34.7 Å². The first-order chi connectivity index (χ1) is 8.47. The van der Waals surface area contributed by atoms with Crippen LogP contribution < -0.4 is 5.32 Å². The summed E-state index contributed by atoms with van der Waals surface area (Å²) in [5.41, 5.74) is 2.74. The average Bonchev–Trinajstić information content (AvgIpc) is 2.30. The predicted octanol–water partition coefficient (Wildman–Crippen LogP) is 4.45. The van der Waals surface area contributed by atoms with Gasteiger partial charge in [0, 0.05) is 5.56 Å². The van der Waals surface area contributed by atoms with E-state index in [1.807, 2.05) is 32.0 Å². The quantitative estimate of drug-likeness (QED) is 0.827. The molecule has 2 rings (SSSR count). The van der Waals surface area contributed by atoms with Gasteiger partial charge in [-0.1, -0.05) is 29.3 Å².